The van der Waals surface area contributed by atoms with Crippen molar-refractivity contribution >= 4 is 50.8 Å². The molecular formula is C17H14Cl2F2N2O5S. The lowest BCUT2D eigenvalue weighted by Gasteiger charge is -2.14. The molecule has 0 aliphatic carbocycles. The summed E-state index contributed by atoms with van der Waals surface area (Å²) in [5.74, 6) is -3.66. The van der Waals surface area contributed by atoms with Crippen molar-refractivity contribution in [1.82, 2.24) is 4.72 Å². The van der Waals surface area contributed by atoms with Gasteiger partial charge in [0.15, 0.2) is 6.61 Å². The molecule has 0 heterocycles. The Kier molecular flexibility index (Phi) is 7.53. The number of rotatable bonds is 7. The molecule has 2 aromatic rings. The van der Waals surface area contributed by atoms with Crippen LogP contribution in [-0.2, 0) is 24.3 Å². The molecule has 29 heavy (non-hydrogen) atoms. The molecule has 0 spiro atoms. The van der Waals surface area contributed by atoms with E-state index in [-0.39, 0.29) is 14.9 Å². The summed E-state index contributed by atoms with van der Waals surface area (Å²) in [5.41, 5.74) is -0.431. The average Bonchev–Trinajstić information content (AvgIpc) is 2.64. The number of nitrogens with one attached hydrogen (secondary N) is 2. The molecule has 0 saturated heterocycles. The number of anilines is 1. The lowest BCUT2D eigenvalue weighted by Crippen LogP contribution is -2.40. The Hall–Kier alpha value is -2.27. The van der Waals surface area contributed by atoms with E-state index in [1.54, 1.807) is 0 Å². The first-order valence-electron chi connectivity index (χ1n) is 7.88. The van der Waals surface area contributed by atoms with E-state index in [0.717, 1.165) is 24.3 Å². The minimum absolute atomic E-state index is 0.00558. The van der Waals surface area contributed by atoms with Crippen molar-refractivity contribution in [3.05, 3.63) is 58.1 Å². The Labute approximate surface area is 175 Å². The first-order valence-corrected chi connectivity index (χ1v) is 10.1. The Morgan fingerprint density at radius 2 is 1.79 bits per heavy atom. The minimum Gasteiger partial charge on any atom is -0.454 e. The molecule has 0 aliphatic heterocycles. The molecule has 12 heteroatoms. The van der Waals surface area contributed by atoms with Crippen molar-refractivity contribution in [3.8, 4) is 0 Å². The highest BCUT2D eigenvalue weighted by Gasteiger charge is 2.24. The number of hydrogen-bond acceptors (Lipinski definition) is 5. The van der Waals surface area contributed by atoms with Crippen molar-refractivity contribution in [2.24, 2.45) is 0 Å². The molecule has 0 saturated carbocycles. The molecule has 0 unspecified atom stereocenters. The van der Waals surface area contributed by atoms with Crippen molar-refractivity contribution in [2.45, 2.75) is 17.9 Å². The van der Waals surface area contributed by atoms with Gasteiger partial charge in [-0.2, -0.15) is 4.72 Å². The maximum absolute atomic E-state index is 13.5. The fourth-order valence-electron chi connectivity index (χ4n) is 2.03. The number of carbonyl (C=O) groups is 2. The number of sulfonamides is 1. The number of amides is 1. The van der Waals surface area contributed by atoms with Crippen LogP contribution in [0, 0.1) is 11.6 Å². The van der Waals surface area contributed by atoms with E-state index in [0.29, 0.717) is 0 Å². The van der Waals surface area contributed by atoms with E-state index >= 15 is 0 Å². The molecule has 1 atom stereocenters. The van der Waals surface area contributed by atoms with E-state index in [1.807, 2.05) is 5.32 Å². The van der Waals surface area contributed by atoms with Crippen LogP contribution in [0.2, 0.25) is 10.0 Å². The molecule has 1 amide bonds. The van der Waals surface area contributed by atoms with Crippen LogP contribution in [0.3, 0.4) is 0 Å². The highest BCUT2D eigenvalue weighted by atomic mass is 35.5. The van der Waals surface area contributed by atoms with Crippen LogP contribution in [-0.4, -0.2) is 32.9 Å². The third-order valence-corrected chi connectivity index (χ3v) is 5.71. The largest absolute Gasteiger partial charge is 0.454 e. The Morgan fingerprint density at radius 1 is 1.10 bits per heavy atom. The molecule has 0 aromatic heterocycles. The van der Waals surface area contributed by atoms with Gasteiger partial charge in [-0.1, -0.05) is 23.2 Å². The van der Waals surface area contributed by atoms with Crippen LogP contribution in [0.1, 0.15) is 6.92 Å². The van der Waals surface area contributed by atoms with Gasteiger partial charge in [0.25, 0.3) is 5.91 Å². The molecular weight excluding hydrogens is 453 g/mol. The minimum atomic E-state index is -4.13. The number of benzene rings is 2. The molecule has 0 bridgehead atoms. The van der Waals surface area contributed by atoms with Crippen molar-refractivity contribution in [2.75, 3.05) is 11.9 Å². The van der Waals surface area contributed by atoms with Crippen LogP contribution >= 0.6 is 23.2 Å². The molecule has 156 valence electrons. The predicted octanol–water partition coefficient (Wildman–Crippen LogP) is 3.12. The van der Waals surface area contributed by atoms with Gasteiger partial charge >= 0.3 is 5.97 Å². The Morgan fingerprint density at radius 3 is 2.45 bits per heavy atom. The van der Waals surface area contributed by atoms with Crippen LogP contribution in [0.4, 0.5) is 14.5 Å². The van der Waals surface area contributed by atoms with Gasteiger partial charge in [0.2, 0.25) is 10.0 Å². The van der Waals surface area contributed by atoms with Gasteiger partial charge < -0.3 is 10.1 Å². The molecule has 0 fully saturated rings. The van der Waals surface area contributed by atoms with E-state index in [1.165, 1.54) is 19.1 Å². The zero-order valence-electron chi connectivity index (χ0n) is 14.7. The zero-order valence-corrected chi connectivity index (χ0v) is 17.0. The fraction of sp³-hybridized carbons (Fsp3) is 0.176. The molecule has 0 radical (unpaired) electrons. The van der Waals surface area contributed by atoms with Crippen molar-refractivity contribution in [3.63, 3.8) is 0 Å². The van der Waals surface area contributed by atoms with Gasteiger partial charge in [0.1, 0.15) is 17.7 Å². The zero-order chi connectivity index (χ0) is 21.8. The van der Waals surface area contributed by atoms with Crippen LogP contribution in [0.25, 0.3) is 0 Å². The smallest absolute Gasteiger partial charge is 0.324 e. The van der Waals surface area contributed by atoms with Gasteiger partial charge in [-0.05, 0) is 37.3 Å². The monoisotopic (exact) mass is 466 g/mol. The van der Waals surface area contributed by atoms with E-state index in [4.69, 9.17) is 27.9 Å². The fourth-order valence-corrected chi connectivity index (χ4v) is 3.61. The summed E-state index contributed by atoms with van der Waals surface area (Å²) in [7, 11) is -4.13. The average molecular weight is 467 g/mol. The number of ether oxygens (including phenoxy) is 1. The van der Waals surface area contributed by atoms with Gasteiger partial charge in [-0.15, -0.1) is 0 Å². The van der Waals surface area contributed by atoms with Gasteiger partial charge in [-0.25, -0.2) is 17.2 Å². The number of esters is 1. The molecule has 7 nitrogen and oxygen atoms in total. The standard InChI is InChI=1S/C17H14Cl2F2N2O5S/c1-9(23-29(26,27)11-3-4-12(18)13(19)7-11)17(25)28-8-16(24)22-15-6-10(20)2-5-14(15)21/h2-7,9,23H,8H2,1H3,(H,22,24)/t9-/m1/s1. The summed E-state index contributed by atoms with van der Waals surface area (Å²) < 4.78 is 57.9. The first kappa shape index (κ1) is 23.0. The molecule has 2 N–H and O–H groups in total. The van der Waals surface area contributed by atoms with Crippen LogP contribution in [0.15, 0.2) is 41.3 Å². The summed E-state index contributed by atoms with van der Waals surface area (Å²) in [6.45, 7) is 0.356. The highest BCUT2D eigenvalue weighted by molar-refractivity contribution is 7.89. The molecule has 2 aromatic carbocycles. The number of halogens is 4. The summed E-state index contributed by atoms with van der Waals surface area (Å²) >= 11 is 11.5. The molecule has 0 aliphatic rings. The lowest BCUT2D eigenvalue weighted by atomic mass is 10.3. The lowest BCUT2D eigenvalue weighted by molar-refractivity contribution is -0.148. The SMILES string of the molecule is C[C@@H](NS(=O)(=O)c1ccc(Cl)c(Cl)c1)C(=O)OCC(=O)Nc1cc(F)ccc1F. The van der Waals surface area contributed by atoms with Crippen LogP contribution < -0.4 is 10.0 Å². The second-order valence-electron chi connectivity index (χ2n) is 5.70. The summed E-state index contributed by atoms with van der Waals surface area (Å²) in [6.07, 6.45) is 0. The van der Waals surface area contributed by atoms with Gasteiger partial charge in [0.05, 0.1) is 20.6 Å². The normalized spacial score (nSPS) is 12.3. The van der Waals surface area contributed by atoms with E-state index in [9.17, 15) is 26.8 Å². The first-order chi connectivity index (χ1) is 13.5. The second-order valence-corrected chi connectivity index (χ2v) is 8.23. The maximum atomic E-state index is 13.5. The third-order valence-electron chi connectivity index (χ3n) is 3.43. The maximum Gasteiger partial charge on any atom is 0.324 e. The van der Waals surface area contributed by atoms with Crippen molar-refractivity contribution < 1.29 is 31.5 Å². The Bertz CT molecular complexity index is 1050. The van der Waals surface area contributed by atoms with Crippen LogP contribution in [0.5, 0.6) is 0 Å². The summed E-state index contributed by atoms with van der Waals surface area (Å²) in [6, 6.07) is 4.65. The van der Waals surface area contributed by atoms with Gasteiger partial charge in [-0.3, -0.25) is 9.59 Å². The third kappa shape index (κ3) is 6.36. The van der Waals surface area contributed by atoms with E-state index < -0.39 is 51.9 Å². The van der Waals surface area contributed by atoms with Crippen molar-refractivity contribution in [1.29, 1.82) is 0 Å². The van der Waals surface area contributed by atoms with Gasteiger partial charge in [0, 0.05) is 6.07 Å². The predicted molar refractivity (Wildman–Crippen MR) is 102 cm³/mol. The second kappa shape index (κ2) is 9.49. The summed E-state index contributed by atoms with van der Waals surface area (Å²) in [5, 5.41) is 2.19. The number of hydrogen-bond donors (Lipinski definition) is 2. The van der Waals surface area contributed by atoms with E-state index in [2.05, 4.69) is 4.72 Å². The summed E-state index contributed by atoms with van der Waals surface area (Å²) in [4.78, 5) is 23.4. The Balaban J connectivity index is 1.93. The quantitative estimate of drug-likeness (QED) is 0.610. The number of carbonyl (C=O) groups excluding carboxylic acids is 2. The topological polar surface area (TPSA) is 102 Å². The highest BCUT2D eigenvalue weighted by Crippen LogP contribution is 2.24. The molecule has 2 rings (SSSR count).